The Morgan fingerprint density at radius 3 is 0.948 bits per heavy atom. The Hall–Kier alpha value is -15.8. The molecule has 3 heterocycles. The van der Waals surface area contributed by atoms with Gasteiger partial charge >= 0.3 is 0 Å². The predicted molar refractivity (Wildman–Crippen MR) is 487 cm³/mol. The van der Waals surface area contributed by atoms with Gasteiger partial charge in [-0.25, -0.2) is 4.98 Å². The Kier molecular flexibility index (Phi) is 15.1. The van der Waals surface area contributed by atoms with Crippen LogP contribution in [-0.2, 0) is 0 Å². The summed E-state index contributed by atoms with van der Waals surface area (Å²) in [4.78, 5) is 5.20. The van der Waals surface area contributed by atoms with Crippen LogP contribution in [0, 0.1) is 22.7 Å². The van der Waals surface area contributed by atoms with Crippen LogP contribution in [0.1, 0.15) is 11.1 Å². The van der Waals surface area contributed by atoms with Gasteiger partial charge in [-0.15, -0.1) is 0 Å². The number of pyridine rings is 1. The first kappa shape index (κ1) is 66.0. The molecule has 0 bridgehead atoms. The third-order valence-corrected chi connectivity index (χ3v) is 24.2. The third-order valence-electron chi connectivity index (χ3n) is 24.2. The van der Waals surface area contributed by atoms with Crippen molar-refractivity contribution in [2.75, 3.05) is 0 Å². The number of nitriles is 2. The summed E-state index contributed by atoms with van der Waals surface area (Å²) < 4.78 is 4.64. The van der Waals surface area contributed by atoms with Crippen molar-refractivity contribution in [3.63, 3.8) is 0 Å². The van der Waals surface area contributed by atoms with Gasteiger partial charge < -0.3 is 9.13 Å². The fourth-order valence-corrected chi connectivity index (χ4v) is 18.9. The summed E-state index contributed by atoms with van der Waals surface area (Å²) in [6.45, 7) is 0. The largest absolute Gasteiger partial charge is 0.309 e. The summed E-state index contributed by atoms with van der Waals surface area (Å²) in [5, 5.41) is 46.6. The Labute approximate surface area is 667 Å². The molecular weight excluding hydrogens is 1400 g/mol. The van der Waals surface area contributed by atoms with E-state index >= 15 is 0 Å². The van der Waals surface area contributed by atoms with Crippen LogP contribution in [0.15, 0.2) is 394 Å². The smallest absolute Gasteiger partial charge is 0.0992 e. The van der Waals surface area contributed by atoms with E-state index in [1.54, 1.807) is 0 Å². The zero-order chi connectivity index (χ0) is 76.6. The molecule has 0 aliphatic heterocycles. The van der Waals surface area contributed by atoms with Crippen molar-refractivity contribution in [2.45, 2.75) is 0 Å². The van der Waals surface area contributed by atoms with E-state index in [1.165, 1.54) is 141 Å². The first-order chi connectivity index (χ1) is 57.4. The van der Waals surface area contributed by atoms with Crippen LogP contribution < -0.4 is 0 Å². The first-order valence-electron chi connectivity index (χ1n) is 39.5. The van der Waals surface area contributed by atoms with Gasteiger partial charge in [-0.1, -0.05) is 279 Å². The van der Waals surface area contributed by atoms with E-state index in [2.05, 4.69) is 373 Å². The zero-order valence-electron chi connectivity index (χ0n) is 62.8. The summed E-state index contributed by atoms with van der Waals surface area (Å²) in [5.74, 6) is 0. The molecule has 0 saturated carbocycles. The van der Waals surface area contributed by atoms with Gasteiger partial charge in [0.1, 0.15) is 0 Å². The van der Waals surface area contributed by atoms with Crippen LogP contribution in [0.25, 0.3) is 230 Å². The Morgan fingerprint density at radius 1 is 0.190 bits per heavy atom. The minimum atomic E-state index is 0.664. The lowest BCUT2D eigenvalue weighted by Crippen LogP contribution is -1.94. The molecular formula is C111H65N5. The van der Waals surface area contributed by atoms with Gasteiger partial charge in [0.05, 0.1) is 56.7 Å². The fourth-order valence-electron chi connectivity index (χ4n) is 18.9. The maximum absolute atomic E-state index is 9.93. The van der Waals surface area contributed by atoms with Crippen molar-refractivity contribution < 1.29 is 0 Å². The van der Waals surface area contributed by atoms with Gasteiger partial charge in [0.25, 0.3) is 0 Å². The van der Waals surface area contributed by atoms with Crippen LogP contribution in [0.3, 0.4) is 0 Å². The molecule has 0 saturated heterocycles. The molecule has 5 nitrogen and oxygen atoms in total. The van der Waals surface area contributed by atoms with E-state index in [9.17, 15) is 10.5 Å². The second-order valence-electron chi connectivity index (χ2n) is 30.6. The van der Waals surface area contributed by atoms with Gasteiger partial charge in [0.2, 0.25) is 0 Å². The second-order valence-corrected chi connectivity index (χ2v) is 30.6. The average Bonchev–Trinajstić information content (AvgIpc) is 1.42. The highest BCUT2D eigenvalue weighted by molar-refractivity contribution is 6.29. The molecule has 534 valence electrons. The highest BCUT2D eigenvalue weighted by Gasteiger charge is 2.24. The van der Waals surface area contributed by atoms with E-state index in [0.717, 1.165) is 89.0 Å². The zero-order valence-corrected chi connectivity index (χ0v) is 62.8. The van der Waals surface area contributed by atoms with Crippen LogP contribution in [0.4, 0.5) is 0 Å². The van der Waals surface area contributed by atoms with Gasteiger partial charge in [-0.3, -0.25) is 0 Å². The van der Waals surface area contributed by atoms with Crippen LogP contribution in [-0.4, -0.2) is 14.1 Å². The lowest BCUT2D eigenvalue weighted by molar-refractivity contribution is 1.18. The topological polar surface area (TPSA) is 70.3 Å². The highest BCUT2D eigenvalue weighted by Crippen LogP contribution is 2.49. The number of nitrogens with zero attached hydrogens (tertiary/aromatic N) is 5. The predicted octanol–water partition coefficient (Wildman–Crippen LogP) is 29.6. The summed E-state index contributed by atoms with van der Waals surface area (Å²) in [7, 11) is 0. The van der Waals surface area contributed by atoms with E-state index < -0.39 is 0 Å². The molecule has 116 heavy (non-hydrogen) atoms. The summed E-state index contributed by atoms with van der Waals surface area (Å²) in [6.07, 6.45) is 0. The molecule has 0 atom stereocenters. The first-order valence-corrected chi connectivity index (χ1v) is 39.5. The third kappa shape index (κ3) is 10.6. The van der Waals surface area contributed by atoms with E-state index in [4.69, 9.17) is 4.98 Å². The van der Waals surface area contributed by atoms with Crippen LogP contribution in [0.2, 0.25) is 0 Å². The number of fused-ring (bicyclic) bond motifs is 11. The van der Waals surface area contributed by atoms with Crippen LogP contribution in [0.5, 0.6) is 0 Å². The van der Waals surface area contributed by atoms with Crippen molar-refractivity contribution >= 4 is 141 Å². The van der Waals surface area contributed by atoms with Gasteiger partial charge in [0, 0.05) is 44.0 Å². The molecule has 0 aliphatic carbocycles. The molecule has 0 N–H and O–H groups in total. The minimum Gasteiger partial charge on any atom is -0.309 e. The van der Waals surface area contributed by atoms with Crippen molar-refractivity contribution in [3.8, 4) is 102 Å². The molecule has 5 heteroatoms. The Bertz CT molecular complexity index is 8250. The number of benzene rings is 21. The normalized spacial score (nSPS) is 11.8. The molecule has 0 aliphatic rings. The maximum Gasteiger partial charge on any atom is 0.0992 e. The van der Waals surface area contributed by atoms with Crippen LogP contribution >= 0.6 is 0 Å². The fraction of sp³-hybridized carbons (Fsp3) is 0. The quantitative estimate of drug-likeness (QED) is 0.135. The summed E-state index contributed by atoms with van der Waals surface area (Å²) in [5.41, 5.74) is 24.0. The maximum atomic E-state index is 9.93. The molecule has 3 aromatic heterocycles. The van der Waals surface area contributed by atoms with Crippen molar-refractivity contribution in [2.24, 2.45) is 0 Å². The summed E-state index contributed by atoms with van der Waals surface area (Å²) >= 11 is 0. The molecule has 24 rings (SSSR count). The molecule has 0 radical (unpaired) electrons. The number of aromatic nitrogens is 3. The number of rotatable bonds is 9. The van der Waals surface area contributed by atoms with Gasteiger partial charge in [-0.05, 0) is 268 Å². The molecule has 21 aromatic carbocycles. The van der Waals surface area contributed by atoms with Crippen molar-refractivity contribution in [1.82, 2.24) is 14.1 Å². The van der Waals surface area contributed by atoms with E-state index in [-0.39, 0.29) is 0 Å². The molecule has 0 unspecified atom stereocenters. The van der Waals surface area contributed by atoms with Gasteiger partial charge in [0.15, 0.2) is 0 Å². The van der Waals surface area contributed by atoms with E-state index in [1.807, 2.05) is 42.5 Å². The van der Waals surface area contributed by atoms with Crippen molar-refractivity contribution in [1.29, 1.82) is 10.5 Å². The Balaban J connectivity index is 0.000000137. The summed E-state index contributed by atoms with van der Waals surface area (Å²) in [6, 6.07) is 147. The average molecular weight is 1470 g/mol. The minimum absolute atomic E-state index is 0.664. The molecule has 0 spiro atoms. The number of hydrogen-bond donors (Lipinski definition) is 0. The monoisotopic (exact) mass is 1470 g/mol. The molecule has 0 amide bonds. The molecule has 24 aromatic rings. The van der Waals surface area contributed by atoms with E-state index in [0.29, 0.717) is 11.1 Å². The number of para-hydroxylation sites is 2. The SMILES string of the molecule is N#Cc1cc2ccc3cc(-c4ccc(-c5cc6c7ccccc7c(-c7ccc8ccccc8c7)cc6c6ccccc56)cc4)cc4c3c2c(c1)n4-c1ccccc1.N#Cc1cc2ccc3cc(-c4ccc(-c5cc6c7ccccc7c(-c7cccc(-c8ccccc8)n7)cc6c6ccccc56)cc4)cc4c3c2c(c1)n4-c1ccccc1. The Morgan fingerprint density at radius 2 is 0.509 bits per heavy atom. The lowest BCUT2D eigenvalue weighted by atomic mass is 9.87. The molecule has 0 fully saturated rings. The standard InChI is InChI=1S/C56H33N3.C55H32N2/c57-34-35-28-39-26-27-40-30-41(31-54-56(40)55(39)53(29-35)59(54)42-14-5-2-6-15-42)36-22-24-37(25-23-36)47-32-48-45-18-9-10-19-46(45)50(33-49(48)44-17-8-7-16-43(44)47)52-21-11-20-51(58-52)38-12-3-1-4-13-38;56-33-34-26-40-24-25-41-29-42(30-53-55(41)54(40)52(27-34)57(53)43-12-2-1-3-13-43)36-18-21-37(22-19-36)48-31-50-47-17-9-7-15-45(47)49(32-51(50)46-16-8-6-14-44(46)48)39-23-20-35-10-4-5-11-38(35)28-39/h1-33H;1-32H. The van der Waals surface area contributed by atoms with Gasteiger partial charge in [-0.2, -0.15) is 10.5 Å². The number of hydrogen-bond acceptors (Lipinski definition) is 3. The van der Waals surface area contributed by atoms with Crippen molar-refractivity contribution in [3.05, 3.63) is 405 Å². The lowest BCUT2D eigenvalue weighted by Gasteiger charge is -2.16. The highest BCUT2D eigenvalue weighted by atomic mass is 15.0. The second kappa shape index (κ2) is 26.4.